The Labute approximate surface area is 121 Å². The summed E-state index contributed by atoms with van der Waals surface area (Å²) in [4.78, 5) is 14.4. The van der Waals surface area contributed by atoms with Crippen LogP contribution in [0.3, 0.4) is 0 Å². The first-order valence-corrected chi connectivity index (χ1v) is 7.34. The molecular weight excluding hydrogens is 250 g/mol. The van der Waals surface area contributed by atoms with Gasteiger partial charge in [0.05, 0.1) is 0 Å². The highest BCUT2D eigenvalue weighted by Crippen LogP contribution is 2.24. The number of carbonyl (C=O) groups excluding carboxylic acids is 1. The van der Waals surface area contributed by atoms with E-state index in [9.17, 15) is 4.79 Å². The molecule has 2 unspecified atom stereocenters. The van der Waals surface area contributed by atoms with Crippen molar-refractivity contribution >= 4 is 5.91 Å². The number of nitrogens with two attached hydrogens (primary N) is 1. The van der Waals surface area contributed by atoms with Crippen LogP contribution in [0.4, 0.5) is 0 Å². The van der Waals surface area contributed by atoms with Gasteiger partial charge in [-0.1, -0.05) is 18.6 Å². The monoisotopic (exact) mass is 275 g/mol. The maximum atomic E-state index is 12.3. The quantitative estimate of drug-likeness (QED) is 0.858. The number of carbonyl (C=O) groups is 1. The summed E-state index contributed by atoms with van der Waals surface area (Å²) in [6, 6.07) is 8.09. The minimum absolute atomic E-state index is 0.0240. The Morgan fingerprint density at radius 3 is 2.90 bits per heavy atom. The topological polar surface area (TPSA) is 58.4 Å². The Balaban J connectivity index is 2.01. The normalized spacial score (nSPS) is 22.2. The predicted molar refractivity (Wildman–Crippen MR) is 81.5 cm³/mol. The molecule has 1 amide bonds. The fraction of sp³-hybridized carbons (Fsp3) is 0.562. The van der Waals surface area contributed by atoms with Crippen molar-refractivity contribution in [1.29, 1.82) is 0 Å². The molecule has 3 N–H and O–H groups in total. The van der Waals surface area contributed by atoms with Gasteiger partial charge < -0.3 is 16.0 Å². The molecule has 0 aromatic heterocycles. The number of rotatable bonds is 5. The van der Waals surface area contributed by atoms with Gasteiger partial charge in [0.15, 0.2) is 0 Å². The lowest BCUT2D eigenvalue weighted by Crippen LogP contribution is -2.39. The van der Waals surface area contributed by atoms with Crippen molar-refractivity contribution in [1.82, 2.24) is 10.2 Å². The third-order valence-electron chi connectivity index (χ3n) is 3.97. The van der Waals surface area contributed by atoms with E-state index in [0.717, 1.165) is 36.9 Å². The van der Waals surface area contributed by atoms with Crippen LogP contribution in [0.2, 0.25) is 0 Å². The van der Waals surface area contributed by atoms with E-state index in [0.29, 0.717) is 12.5 Å². The first-order chi connectivity index (χ1) is 9.60. The second-order valence-electron chi connectivity index (χ2n) is 5.94. The van der Waals surface area contributed by atoms with Crippen LogP contribution in [0, 0.1) is 5.92 Å². The van der Waals surface area contributed by atoms with Gasteiger partial charge in [0.25, 0.3) is 5.91 Å². The molecule has 4 nitrogen and oxygen atoms in total. The lowest BCUT2D eigenvalue weighted by atomic mass is 10.0. The van der Waals surface area contributed by atoms with Crippen molar-refractivity contribution in [2.24, 2.45) is 11.7 Å². The SMILES string of the molecule is CN(C)Cc1cccc(C(=O)NC2CCCC2CN)c1. The summed E-state index contributed by atoms with van der Waals surface area (Å²) in [6.45, 7) is 1.50. The van der Waals surface area contributed by atoms with Crippen molar-refractivity contribution in [2.75, 3.05) is 20.6 Å². The summed E-state index contributed by atoms with van der Waals surface area (Å²) in [5.74, 6) is 0.458. The molecule has 0 heterocycles. The highest BCUT2D eigenvalue weighted by molar-refractivity contribution is 5.94. The standard InChI is InChI=1S/C16H25N3O/c1-19(2)11-12-5-3-6-13(9-12)16(20)18-15-8-4-7-14(15)10-17/h3,5-6,9,14-15H,4,7-8,10-11,17H2,1-2H3,(H,18,20). The Morgan fingerprint density at radius 2 is 2.20 bits per heavy atom. The van der Waals surface area contributed by atoms with Crippen molar-refractivity contribution < 1.29 is 4.79 Å². The number of hydrogen-bond donors (Lipinski definition) is 2. The van der Waals surface area contributed by atoms with Crippen LogP contribution in [0.1, 0.15) is 35.2 Å². The van der Waals surface area contributed by atoms with Crippen LogP contribution in [0.5, 0.6) is 0 Å². The third-order valence-corrected chi connectivity index (χ3v) is 3.97. The predicted octanol–water partition coefficient (Wildman–Crippen LogP) is 1.61. The van der Waals surface area contributed by atoms with E-state index in [4.69, 9.17) is 5.73 Å². The second-order valence-corrected chi connectivity index (χ2v) is 5.94. The van der Waals surface area contributed by atoms with Crippen LogP contribution in [0.25, 0.3) is 0 Å². The molecule has 0 aliphatic heterocycles. The molecule has 2 atom stereocenters. The van der Waals surface area contributed by atoms with Gasteiger partial charge in [-0.25, -0.2) is 0 Å². The lowest BCUT2D eigenvalue weighted by molar-refractivity contribution is 0.0928. The number of hydrogen-bond acceptors (Lipinski definition) is 3. The molecule has 2 rings (SSSR count). The maximum absolute atomic E-state index is 12.3. The largest absolute Gasteiger partial charge is 0.349 e. The average Bonchev–Trinajstić information content (AvgIpc) is 2.85. The van der Waals surface area contributed by atoms with Gasteiger partial charge in [0.1, 0.15) is 0 Å². The summed E-state index contributed by atoms with van der Waals surface area (Å²) in [7, 11) is 4.05. The first kappa shape index (κ1) is 15.0. The van der Waals surface area contributed by atoms with Gasteiger partial charge in [0.2, 0.25) is 0 Å². The van der Waals surface area contributed by atoms with Crippen molar-refractivity contribution in [3.8, 4) is 0 Å². The van der Waals surface area contributed by atoms with E-state index in [-0.39, 0.29) is 11.9 Å². The molecular formula is C16H25N3O. The highest BCUT2D eigenvalue weighted by atomic mass is 16.1. The summed E-state index contributed by atoms with van der Waals surface area (Å²) in [5.41, 5.74) is 7.66. The zero-order chi connectivity index (χ0) is 14.5. The van der Waals surface area contributed by atoms with Crippen LogP contribution < -0.4 is 11.1 Å². The Hall–Kier alpha value is -1.39. The summed E-state index contributed by atoms with van der Waals surface area (Å²) in [5, 5.41) is 3.14. The highest BCUT2D eigenvalue weighted by Gasteiger charge is 2.27. The molecule has 1 saturated carbocycles. The van der Waals surface area contributed by atoms with Crippen LogP contribution in [0.15, 0.2) is 24.3 Å². The average molecular weight is 275 g/mol. The molecule has 20 heavy (non-hydrogen) atoms. The van der Waals surface area contributed by atoms with E-state index in [1.54, 1.807) is 0 Å². The van der Waals surface area contributed by atoms with E-state index in [1.807, 2.05) is 32.3 Å². The summed E-state index contributed by atoms with van der Waals surface area (Å²) in [6.07, 6.45) is 3.33. The lowest BCUT2D eigenvalue weighted by Gasteiger charge is -2.19. The molecule has 1 aliphatic rings. The van der Waals surface area contributed by atoms with Gasteiger partial charge in [0, 0.05) is 18.2 Å². The number of nitrogens with one attached hydrogen (secondary N) is 1. The molecule has 0 bridgehead atoms. The van der Waals surface area contributed by atoms with Crippen LogP contribution in [-0.2, 0) is 6.54 Å². The van der Waals surface area contributed by atoms with Crippen molar-refractivity contribution in [3.63, 3.8) is 0 Å². The van der Waals surface area contributed by atoms with Gasteiger partial charge >= 0.3 is 0 Å². The summed E-state index contributed by atoms with van der Waals surface area (Å²) < 4.78 is 0. The minimum Gasteiger partial charge on any atom is -0.349 e. The summed E-state index contributed by atoms with van der Waals surface area (Å²) >= 11 is 0. The Kier molecular flexibility index (Phi) is 5.15. The van der Waals surface area contributed by atoms with E-state index in [2.05, 4.69) is 16.3 Å². The van der Waals surface area contributed by atoms with Gasteiger partial charge in [-0.3, -0.25) is 4.79 Å². The van der Waals surface area contributed by atoms with E-state index < -0.39 is 0 Å². The molecule has 1 aromatic rings. The van der Waals surface area contributed by atoms with Crippen LogP contribution in [-0.4, -0.2) is 37.5 Å². The molecule has 0 spiro atoms. The molecule has 1 fully saturated rings. The fourth-order valence-electron chi connectivity index (χ4n) is 2.94. The molecule has 1 aromatic carbocycles. The Bertz CT molecular complexity index is 459. The molecule has 0 saturated heterocycles. The van der Waals surface area contributed by atoms with Gasteiger partial charge in [-0.2, -0.15) is 0 Å². The first-order valence-electron chi connectivity index (χ1n) is 7.34. The zero-order valence-corrected chi connectivity index (χ0v) is 12.4. The minimum atomic E-state index is 0.0240. The smallest absolute Gasteiger partial charge is 0.251 e. The van der Waals surface area contributed by atoms with Crippen molar-refractivity contribution in [2.45, 2.75) is 31.8 Å². The Morgan fingerprint density at radius 1 is 1.40 bits per heavy atom. The number of amides is 1. The molecule has 4 heteroatoms. The van der Waals surface area contributed by atoms with E-state index >= 15 is 0 Å². The number of benzene rings is 1. The van der Waals surface area contributed by atoms with E-state index in [1.165, 1.54) is 0 Å². The fourth-order valence-corrected chi connectivity index (χ4v) is 2.94. The molecule has 110 valence electrons. The maximum Gasteiger partial charge on any atom is 0.251 e. The number of nitrogens with zero attached hydrogens (tertiary/aromatic N) is 1. The van der Waals surface area contributed by atoms with Gasteiger partial charge in [-0.05, 0) is 57.1 Å². The van der Waals surface area contributed by atoms with Crippen molar-refractivity contribution in [3.05, 3.63) is 35.4 Å². The van der Waals surface area contributed by atoms with Crippen LogP contribution >= 0.6 is 0 Å². The van der Waals surface area contributed by atoms with Gasteiger partial charge in [-0.15, -0.1) is 0 Å². The molecule has 1 aliphatic carbocycles. The molecule has 0 radical (unpaired) electrons. The zero-order valence-electron chi connectivity index (χ0n) is 12.4. The third kappa shape index (κ3) is 3.81. The second kappa shape index (κ2) is 6.86.